The molecule has 0 saturated carbocycles. The van der Waals surface area contributed by atoms with E-state index in [9.17, 15) is 8.42 Å². The Hall–Kier alpha value is -0.130. The van der Waals surface area contributed by atoms with E-state index in [1.807, 2.05) is 0 Å². The fraction of sp³-hybridized carbons (Fsp3) is 1.00. The predicted octanol–water partition coefficient (Wildman–Crippen LogP) is 1.25. The topological polar surface area (TPSA) is 58.2 Å². The molecule has 0 bridgehead atoms. The first-order chi connectivity index (χ1) is 6.33. The first-order valence-corrected chi connectivity index (χ1v) is 6.58. The van der Waals surface area contributed by atoms with Crippen LogP contribution in [0.15, 0.2) is 0 Å². The minimum absolute atomic E-state index is 0.0578. The molecule has 0 spiro atoms. The van der Waals surface area contributed by atoms with Crippen LogP contribution in [-0.4, -0.2) is 21.0 Å². The largest absolute Gasteiger partial charge is 0.277 e. The quantitative estimate of drug-likeness (QED) is 0.637. The summed E-state index contributed by atoms with van der Waals surface area (Å²) in [6.07, 6.45) is 1.93. The molecule has 0 aromatic carbocycles. The smallest absolute Gasteiger partial charge is 0.202 e. The highest BCUT2D eigenvalue weighted by molar-refractivity contribution is 7.87. The Balaban J connectivity index is 3.67. The zero-order chi connectivity index (χ0) is 11.2. The van der Waals surface area contributed by atoms with Crippen molar-refractivity contribution in [1.29, 1.82) is 0 Å². The SMILES string of the molecule is CC(C)CCCNS(=O)(=O)NC(C)C. The number of hydrogen-bond acceptors (Lipinski definition) is 2. The van der Waals surface area contributed by atoms with E-state index in [4.69, 9.17) is 0 Å². The molecule has 0 rings (SSSR count). The van der Waals surface area contributed by atoms with Crippen molar-refractivity contribution in [2.24, 2.45) is 5.92 Å². The molecular formula is C9H22N2O2S. The Morgan fingerprint density at radius 1 is 1.14 bits per heavy atom. The van der Waals surface area contributed by atoms with Gasteiger partial charge in [-0.1, -0.05) is 13.8 Å². The van der Waals surface area contributed by atoms with Gasteiger partial charge in [-0.3, -0.25) is 0 Å². The summed E-state index contributed by atoms with van der Waals surface area (Å²) < 4.78 is 27.5. The van der Waals surface area contributed by atoms with Gasteiger partial charge in [-0.2, -0.15) is 13.1 Å². The van der Waals surface area contributed by atoms with Crippen LogP contribution in [0.5, 0.6) is 0 Å². The van der Waals surface area contributed by atoms with Crippen LogP contribution >= 0.6 is 0 Å². The Morgan fingerprint density at radius 2 is 1.71 bits per heavy atom. The second kappa shape index (κ2) is 6.37. The van der Waals surface area contributed by atoms with Crippen LogP contribution in [0.1, 0.15) is 40.5 Å². The summed E-state index contributed by atoms with van der Waals surface area (Å²) in [5.41, 5.74) is 0. The van der Waals surface area contributed by atoms with Gasteiger partial charge in [0.2, 0.25) is 0 Å². The molecule has 0 radical (unpaired) electrons. The maximum atomic E-state index is 11.3. The second-order valence-corrected chi connectivity index (χ2v) is 5.74. The molecule has 0 amide bonds. The minimum atomic E-state index is -3.28. The molecule has 0 aromatic rings. The van der Waals surface area contributed by atoms with Crippen LogP contribution in [0, 0.1) is 5.92 Å². The monoisotopic (exact) mass is 222 g/mol. The maximum Gasteiger partial charge on any atom is 0.277 e. The molecular weight excluding hydrogens is 200 g/mol. The highest BCUT2D eigenvalue weighted by Crippen LogP contribution is 2.01. The molecule has 0 aliphatic rings. The van der Waals surface area contributed by atoms with Crippen molar-refractivity contribution in [3.8, 4) is 0 Å². The van der Waals surface area contributed by atoms with Gasteiger partial charge in [0, 0.05) is 12.6 Å². The van der Waals surface area contributed by atoms with Crippen molar-refractivity contribution in [3.05, 3.63) is 0 Å². The van der Waals surface area contributed by atoms with Crippen molar-refractivity contribution in [2.45, 2.75) is 46.6 Å². The highest BCUT2D eigenvalue weighted by atomic mass is 32.2. The average Bonchev–Trinajstić information content (AvgIpc) is 1.95. The Labute approximate surface area is 87.7 Å². The van der Waals surface area contributed by atoms with E-state index in [-0.39, 0.29) is 6.04 Å². The molecule has 0 atom stereocenters. The summed E-state index contributed by atoms with van der Waals surface area (Å²) in [6, 6.07) is -0.0578. The molecule has 0 aliphatic carbocycles. The van der Waals surface area contributed by atoms with E-state index in [1.165, 1.54) is 0 Å². The van der Waals surface area contributed by atoms with Crippen LogP contribution < -0.4 is 9.44 Å². The number of rotatable bonds is 7. The Morgan fingerprint density at radius 3 is 2.14 bits per heavy atom. The van der Waals surface area contributed by atoms with Crippen LogP contribution in [0.4, 0.5) is 0 Å². The van der Waals surface area contributed by atoms with Gasteiger partial charge in [-0.25, -0.2) is 4.72 Å². The Kier molecular flexibility index (Phi) is 6.31. The minimum Gasteiger partial charge on any atom is -0.202 e. The first kappa shape index (κ1) is 13.9. The summed E-state index contributed by atoms with van der Waals surface area (Å²) >= 11 is 0. The fourth-order valence-corrected chi connectivity index (χ4v) is 2.19. The lowest BCUT2D eigenvalue weighted by atomic mass is 10.1. The van der Waals surface area contributed by atoms with E-state index < -0.39 is 10.2 Å². The van der Waals surface area contributed by atoms with E-state index in [0.29, 0.717) is 12.5 Å². The summed E-state index contributed by atoms with van der Waals surface area (Å²) in [5, 5.41) is 0. The predicted molar refractivity (Wildman–Crippen MR) is 59.3 cm³/mol. The fourth-order valence-electron chi connectivity index (χ4n) is 1.07. The van der Waals surface area contributed by atoms with E-state index in [0.717, 1.165) is 12.8 Å². The van der Waals surface area contributed by atoms with Crippen molar-refractivity contribution in [1.82, 2.24) is 9.44 Å². The van der Waals surface area contributed by atoms with Gasteiger partial charge in [0.25, 0.3) is 10.2 Å². The molecule has 0 heterocycles. The van der Waals surface area contributed by atoms with Crippen molar-refractivity contribution < 1.29 is 8.42 Å². The standard InChI is InChI=1S/C9H22N2O2S/c1-8(2)6-5-7-10-14(12,13)11-9(3)4/h8-11H,5-7H2,1-4H3. The van der Waals surface area contributed by atoms with Gasteiger partial charge in [-0.15, -0.1) is 0 Å². The van der Waals surface area contributed by atoms with Crippen LogP contribution in [0.3, 0.4) is 0 Å². The van der Waals surface area contributed by atoms with Gasteiger partial charge in [0.05, 0.1) is 0 Å². The van der Waals surface area contributed by atoms with Crippen molar-refractivity contribution in [3.63, 3.8) is 0 Å². The van der Waals surface area contributed by atoms with Crippen LogP contribution in [0.2, 0.25) is 0 Å². The molecule has 0 unspecified atom stereocenters. The van der Waals surface area contributed by atoms with Gasteiger partial charge < -0.3 is 0 Å². The molecule has 0 fully saturated rings. The third-order valence-corrected chi connectivity index (χ3v) is 3.01. The van der Waals surface area contributed by atoms with Crippen LogP contribution in [0.25, 0.3) is 0 Å². The van der Waals surface area contributed by atoms with E-state index in [2.05, 4.69) is 23.3 Å². The van der Waals surface area contributed by atoms with Crippen molar-refractivity contribution >= 4 is 10.2 Å². The lowest BCUT2D eigenvalue weighted by Crippen LogP contribution is -2.40. The summed E-state index contributed by atoms with van der Waals surface area (Å²) in [6.45, 7) is 8.36. The number of hydrogen-bond donors (Lipinski definition) is 2. The molecule has 4 nitrogen and oxygen atoms in total. The normalized spacial score (nSPS) is 12.7. The zero-order valence-corrected chi connectivity index (χ0v) is 10.3. The summed E-state index contributed by atoms with van der Waals surface area (Å²) in [5.74, 6) is 0.623. The van der Waals surface area contributed by atoms with E-state index >= 15 is 0 Å². The van der Waals surface area contributed by atoms with Gasteiger partial charge in [0.1, 0.15) is 0 Å². The Bertz CT molecular complexity index is 235. The summed E-state index contributed by atoms with van der Waals surface area (Å²) in [4.78, 5) is 0. The second-order valence-electron chi connectivity index (χ2n) is 4.21. The van der Waals surface area contributed by atoms with E-state index in [1.54, 1.807) is 13.8 Å². The van der Waals surface area contributed by atoms with Gasteiger partial charge in [0.15, 0.2) is 0 Å². The highest BCUT2D eigenvalue weighted by Gasteiger charge is 2.09. The maximum absolute atomic E-state index is 11.3. The lowest BCUT2D eigenvalue weighted by Gasteiger charge is -2.10. The zero-order valence-electron chi connectivity index (χ0n) is 9.50. The first-order valence-electron chi connectivity index (χ1n) is 5.10. The molecule has 0 aliphatic heterocycles. The van der Waals surface area contributed by atoms with Crippen molar-refractivity contribution in [2.75, 3.05) is 6.54 Å². The third-order valence-electron chi connectivity index (χ3n) is 1.64. The molecule has 86 valence electrons. The summed E-state index contributed by atoms with van der Waals surface area (Å²) in [7, 11) is -3.28. The molecule has 2 N–H and O–H groups in total. The van der Waals surface area contributed by atoms with Gasteiger partial charge >= 0.3 is 0 Å². The lowest BCUT2D eigenvalue weighted by molar-refractivity contribution is 0.529. The van der Waals surface area contributed by atoms with Crippen LogP contribution in [-0.2, 0) is 10.2 Å². The molecule has 5 heteroatoms. The average molecular weight is 222 g/mol. The number of nitrogens with one attached hydrogen (secondary N) is 2. The molecule has 0 aromatic heterocycles. The molecule has 0 saturated heterocycles. The van der Waals surface area contributed by atoms with Gasteiger partial charge in [-0.05, 0) is 32.6 Å². The molecule has 14 heavy (non-hydrogen) atoms. The third kappa shape index (κ3) is 8.47.